The lowest BCUT2D eigenvalue weighted by atomic mass is 9.95. The lowest BCUT2D eigenvalue weighted by molar-refractivity contribution is -0.123. The van der Waals surface area contributed by atoms with E-state index in [0.717, 1.165) is 23.5 Å². The molecule has 1 saturated heterocycles. The lowest BCUT2D eigenvalue weighted by Crippen LogP contribution is -2.46. The minimum absolute atomic E-state index is 0.0364. The summed E-state index contributed by atoms with van der Waals surface area (Å²) in [5, 5.41) is 6.41. The van der Waals surface area contributed by atoms with Crippen molar-refractivity contribution in [3.63, 3.8) is 0 Å². The highest BCUT2D eigenvalue weighted by molar-refractivity contribution is 5.77. The number of aromatic nitrogens is 4. The average Bonchev–Trinajstić information content (AvgIpc) is 2.86. The van der Waals surface area contributed by atoms with Gasteiger partial charge >= 0.3 is 0 Å². The van der Waals surface area contributed by atoms with Crippen LogP contribution < -0.4 is 10.6 Å². The number of aryl methyl sites for hydroxylation is 3. The largest absolute Gasteiger partial charge is 0.349 e. The van der Waals surface area contributed by atoms with Crippen LogP contribution in [0, 0.1) is 13.8 Å². The summed E-state index contributed by atoms with van der Waals surface area (Å²) in [5.74, 6) is 0.663. The van der Waals surface area contributed by atoms with Crippen LogP contribution in [0.1, 0.15) is 36.0 Å². The molecule has 2 aromatic heterocycles. The highest BCUT2D eigenvalue weighted by Crippen LogP contribution is 2.26. The third-order valence-electron chi connectivity index (χ3n) is 3.87. The number of rotatable bonds is 3. The van der Waals surface area contributed by atoms with E-state index in [9.17, 15) is 4.79 Å². The summed E-state index contributed by atoms with van der Waals surface area (Å²) in [4.78, 5) is 24.8. The molecule has 22 heavy (non-hydrogen) atoms. The summed E-state index contributed by atoms with van der Waals surface area (Å²) in [7, 11) is 1.92. The lowest BCUT2D eigenvalue weighted by Gasteiger charge is -2.33. The van der Waals surface area contributed by atoms with Crippen LogP contribution in [0.2, 0.25) is 0 Å². The predicted octanol–water partition coefficient (Wildman–Crippen LogP) is 1.26. The number of amides is 1. The Morgan fingerprint density at radius 3 is 2.68 bits per heavy atom. The fourth-order valence-electron chi connectivity index (χ4n) is 2.86. The summed E-state index contributed by atoms with van der Waals surface area (Å²) in [5.41, 5.74) is 2.81. The van der Waals surface area contributed by atoms with Crippen molar-refractivity contribution >= 4 is 11.9 Å². The van der Waals surface area contributed by atoms with Crippen LogP contribution in [0.3, 0.4) is 0 Å². The zero-order chi connectivity index (χ0) is 15.7. The minimum atomic E-state index is -0.141. The van der Waals surface area contributed by atoms with Gasteiger partial charge < -0.3 is 15.2 Å². The van der Waals surface area contributed by atoms with Crippen LogP contribution in [-0.2, 0) is 11.8 Å². The maximum absolute atomic E-state index is 11.8. The third kappa shape index (κ3) is 2.93. The summed E-state index contributed by atoms with van der Waals surface area (Å²) < 4.78 is 1.92. The number of anilines is 1. The Morgan fingerprint density at radius 1 is 1.32 bits per heavy atom. The van der Waals surface area contributed by atoms with E-state index in [4.69, 9.17) is 0 Å². The van der Waals surface area contributed by atoms with E-state index in [-0.39, 0.29) is 18.0 Å². The number of carbonyl (C=O) groups is 1. The Balaban J connectivity index is 1.86. The Bertz CT molecular complexity index is 675. The first kappa shape index (κ1) is 14.5. The standard InChI is InChI=1S/C15H20N6O/c1-9-6-10(2)18-15(17-9)19-11-4-5-13(22)20-14(11)12-7-16-8-21(12)3/h6-8,11,14H,4-5H2,1-3H3,(H,20,22)(H,17,18,19)/t11-,14-/m1/s1. The van der Waals surface area contributed by atoms with Crippen LogP contribution >= 0.6 is 0 Å². The van der Waals surface area contributed by atoms with Gasteiger partial charge in [0.15, 0.2) is 0 Å². The molecule has 3 rings (SSSR count). The van der Waals surface area contributed by atoms with Crippen LogP contribution in [0.25, 0.3) is 0 Å². The molecule has 0 spiro atoms. The van der Waals surface area contributed by atoms with Crippen molar-refractivity contribution in [3.8, 4) is 0 Å². The normalized spacial score (nSPS) is 21.5. The van der Waals surface area contributed by atoms with Crippen molar-refractivity contribution in [2.45, 2.75) is 38.8 Å². The van der Waals surface area contributed by atoms with Gasteiger partial charge in [0.05, 0.1) is 30.3 Å². The van der Waals surface area contributed by atoms with E-state index in [1.165, 1.54) is 0 Å². The molecule has 0 aliphatic carbocycles. The number of nitrogens with zero attached hydrogens (tertiary/aromatic N) is 4. The Labute approximate surface area is 129 Å². The molecule has 0 aromatic carbocycles. The van der Waals surface area contributed by atoms with Gasteiger partial charge in [0.1, 0.15) is 0 Å². The highest BCUT2D eigenvalue weighted by atomic mass is 16.1. The first-order valence-electron chi connectivity index (χ1n) is 7.37. The van der Waals surface area contributed by atoms with Crippen LogP contribution in [-0.4, -0.2) is 31.5 Å². The highest BCUT2D eigenvalue weighted by Gasteiger charge is 2.32. The molecule has 0 radical (unpaired) electrons. The molecule has 1 amide bonds. The Morgan fingerprint density at radius 2 is 2.05 bits per heavy atom. The predicted molar refractivity (Wildman–Crippen MR) is 82.2 cm³/mol. The summed E-state index contributed by atoms with van der Waals surface area (Å²) in [6, 6.07) is 1.83. The van der Waals surface area contributed by atoms with Gasteiger partial charge in [0, 0.05) is 24.9 Å². The van der Waals surface area contributed by atoms with Gasteiger partial charge in [-0.05, 0) is 26.3 Å². The second-order valence-corrected chi connectivity index (χ2v) is 5.74. The van der Waals surface area contributed by atoms with E-state index >= 15 is 0 Å². The molecule has 1 aliphatic rings. The smallest absolute Gasteiger partial charge is 0.223 e. The second kappa shape index (κ2) is 5.75. The molecule has 2 aromatic rings. The third-order valence-corrected chi connectivity index (χ3v) is 3.87. The van der Waals surface area contributed by atoms with Crippen LogP contribution in [0.15, 0.2) is 18.6 Å². The minimum Gasteiger partial charge on any atom is -0.349 e. The molecule has 7 nitrogen and oxygen atoms in total. The molecule has 1 fully saturated rings. The fourth-order valence-corrected chi connectivity index (χ4v) is 2.86. The number of hydrogen-bond acceptors (Lipinski definition) is 5. The van der Waals surface area contributed by atoms with E-state index in [2.05, 4.69) is 25.6 Å². The maximum Gasteiger partial charge on any atom is 0.223 e. The first-order valence-corrected chi connectivity index (χ1v) is 7.37. The van der Waals surface area contributed by atoms with Gasteiger partial charge in [0.2, 0.25) is 11.9 Å². The number of piperidine rings is 1. The average molecular weight is 300 g/mol. The van der Waals surface area contributed by atoms with Gasteiger partial charge in [-0.3, -0.25) is 4.79 Å². The second-order valence-electron chi connectivity index (χ2n) is 5.74. The fraction of sp³-hybridized carbons (Fsp3) is 0.467. The number of carbonyl (C=O) groups excluding carboxylic acids is 1. The van der Waals surface area contributed by atoms with Crippen molar-refractivity contribution in [2.75, 3.05) is 5.32 Å². The number of nitrogens with one attached hydrogen (secondary N) is 2. The maximum atomic E-state index is 11.8. The SMILES string of the molecule is Cc1cc(C)nc(N[C@@H]2CCC(=O)N[C@H]2c2cncn2C)n1. The topological polar surface area (TPSA) is 84.7 Å². The molecule has 2 atom stereocenters. The molecule has 2 N–H and O–H groups in total. The van der Waals surface area contributed by atoms with E-state index in [1.807, 2.05) is 31.5 Å². The summed E-state index contributed by atoms with van der Waals surface area (Å²) in [6.45, 7) is 3.89. The van der Waals surface area contributed by atoms with E-state index in [1.54, 1.807) is 12.5 Å². The summed E-state index contributed by atoms with van der Waals surface area (Å²) in [6.07, 6.45) is 4.75. The molecule has 3 heterocycles. The number of imidazole rings is 1. The molecule has 0 unspecified atom stereocenters. The van der Waals surface area contributed by atoms with Gasteiger partial charge in [-0.1, -0.05) is 0 Å². The van der Waals surface area contributed by atoms with Crippen molar-refractivity contribution in [3.05, 3.63) is 35.7 Å². The molecule has 7 heteroatoms. The molecule has 0 bridgehead atoms. The van der Waals surface area contributed by atoms with Crippen LogP contribution in [0.4, 0.5) is 5.95 Å². The molecule has 116 valence electrons. The van der Waals surface area contributed by atoms with Crippen molar-refractivity contribution in [1.29, 1.82) is 0 Å². The zero-order valence-corrected chi connectivity index (χ0v) is 13.0. The van der Waals surface area contributed by atoms with Crippen LogP contribution in [0.5, 0.6) is 0 Å². The molecular formula is C15H20N6O. The molecular weight excluding hydrogens is 280 g/mol. The van der Waals surface area contributed by atoms with Crippen molar-refractivity contribution < 1.29 is 4.79 Å². The van der Waals surface area contributed by atoms with Crippen molar-refractivity contribution in [1.82, 2.24) is 24.8 Å². The van der Waals surface area contributed by atoms with Gasteiger partial charge in [-0.15, -0.1) is 0 Å². The van der Waals surface area contributed by atoms with E-state index < -0.39 is 0 Å². The zero-order valence-electron chi connectivity index (χ0n) is 13.0. The van der Waals surface area contributed by atoms with E-state index in [0.29, 0.717) is 12.4 Å². The quantitative estimate of drug-likeness (QED) is 0.891. The summed E-state index contributed by atoms with van der Waals surface area (Å²) >= 11 is 0. The number of hydrogen-bond donors (Lipinski definition) is 2. The van der Waals surface area contributed by atoms with Gasteiger partial charge in [-0.25, -0.2) is 15.0 Å². The molecule has 0 saturated carbocycles. The van der Waals surface area contributed by atoms with Gasteiger partial charge in [0.25, 0.3) is 0 Å². The van der Waals surface area contributed by atoms with Crippen molar-refractivity contribution in [2.24, 2.45) is 7.05 Å². The Kier molecular flexibility index (Phi) is 3.79. The monoisotopic (exact) mass is 300 g/mol. The Hall–Kier alpha value is -2.44. The first-order chi connectivity index (χ1) is 10.5. The van der Waals surface area contributed by atoms with Gasteiger partial charge in [-0.2, -0.15) is 0 Å². The molecule has 1 aliphatic heterocycles.